The summed E-state index contributed by atoms with van der Waals surface area (Å²) in [5.74, 6) is -2.06. The minimum absolute atomic E-state index is 0.00365. The Morgan fingerprint density at radius 2 is 1.47 bits per heavy atom. The summed E-state index contributed by atoms with van der Waals surface area (Å²) in [6.45, 7) is 8.87. The fourth-order valence-corrected chi connectivity index (χ4v) is 5.71. The van der Waals surface area contributed by atoms with E-state index in [9.17, 15) is 23.5 Å². The summed E-state index contributed by atoms with van der Waals surface area (Å²) in [4.78, 5) is 31.4. The molecule has 0 spiro atoms. The number of aliphatic hydroxyl groups is 1. The second kappa shape index (κ2) is 19.2. The zero-order chi connectivity index (χ0) is 34.3. The molecule has 0 aliphatic rings. The Bertz CT molecular complexity index is 1420. The van der Waals surface area contributed by atoms with E-state index in [-0.39, 0.29) is 18.9 Å². The number of halogens is 2. The van der Waals surface area contributed by atoms with Gasteiger partial charge in [0, 0.05) is 43.4 Å². The molecule has 0 bridgehead atoms. The highest BCUT2D eigenvalue weighted by molar-refractivity contribution is 6.00. The van der Waals surface area contributed by atoms with Gasteiger partial charge in [-0.15, -0.1) is 0 Å². The van der Waals surface area contributed by atoms with E-state index in [1.807, 2.05) is 51.0 Å². The number of aryl methyl sites for hydroxylation is 2. The molecule has 0 fully saturated rings. The summed E-state index contributed by atoms with van der Waals surface area (Å²) in [5, 5.41) is 17.5. The molecule has 2 atom stereocenters. The highest BCUT2D eigenvalue weighted by Gasteiger charge is 2.25. The van der Waals surface area contributed by atoms with Crippen LogP contribution in [0.3, 0.4) is 0 Å². The Morgan fingerprint density at radius 1 is 0.809 bits per heavy atom. The van der Waals surface area contributed by atoms with Gasteiger partial charge in [-0.2, -0.15) is 0 Å². The molecule has 3 aromatic rings. The van der Waals surface area contributed by atoms with E-state index in [1.165, 1.54) is 17.7 Å². The van der Waals surface area contributed by atoms with E-state index >= 15 is 0 Å². The van der Waals surface area contributed by atoms with Crippen molar-refractivity contribution in [2.45, 2.75) is 78.0 Å². The summed E-state index contributed by atoms with van der Waals surface area (Å²) in [5.41, 5.74) is 4.20. The maximum atomic E-state index is 14.1. The number of carbonyl (C=O) groups is 2. The predicted molar refractivity (Wildman–Crippen MR) is 185 cm³/mol. The smallest absolute Gasteiger partial charge is 0.253 e. The SMILES string of the molecule is CCCN(CCC)C(=O)c1cc(CCCN(C)C)cc(C(=O)N[C@@H](Cc2cc(F)cc(F)c2)[C@H](O)CNCc2cccc(CC)c2)c1. The van der Waals surface area contributed by atoms with Crippen LogP contribution in [0.5, 0.6) is 0 Å². The van der Waals surface area contributed by atoms with Gasteiger partial charge in [-0.05, 0) is 112 Å². The third-order valence-corrected chi connectivity index (χ3v) is 8.09. The van der Waals surface area contributed by atoms with E-state index in [2.05, 4.69) is 34.6 Å². The number of amides is 2. The van der Waals surface area contributed by atoms with E-state index in [4.69, 9.17) is 0 Å². The first-order chi connectivity index (χ1) is 22.5. The number of aliphatic hydroxyl groups excluding tert-OH is 1. The van der Waals surface area contributed by atoms with Crippen molar-refractivity contribution in [1.82, 2.24) is 20.4 Å². The lowest BCUT2D eigenvalue weighted by Gasteiger charge is -2.26. The van der Waals surface area contributed by atoms with Crippen molar-refractivity contribution in [3.63, 3.8) is 0 Å². The molecule has 3 aromatic carbocycles. The number of hydrogen-bond donors (Lipinski definition) is 3. The number of benzene rings is 3. The van der Waals surface area contributed by atoms with Gasteiger partial charge in [0.1, 0.15) is 11.6 Å². The lowest BCUT2D eigenvalue weighted by Crippen LogP contribution is -2.48. The Balaban J connectivity index is 1.88. The van der Waals surface area contributed by atoms with Crippen molar-refractivity contribution < 1.29 is 23.5 Å². The molecular formula is C38H52F2N4O3. The summed E-state index contributed by atoms with van der Waals surface area (Å²) in [6.07, 6.45) is 3.00. The maximum Gasteiger partial charge on any atom is 0.253 e. The zero-order valence-electron chi connectivity index (χ0n) is 28.6. The number of nitrogens with one attached hydrogen (secondary N) is 2. The Kier molecular flexibility index (Phi) is 15.5. The van der Waals surface area contributed by atoms with Gasteiger partial charge in [-0.1, -0.05) is 45.0 Å². The van der Waals surface area contributed by atoms with E-state index in [1.54, 1.807) is 12.1 Å². The van der Waals surface area contributed by atoms with Crippen LogP contribution in [0.1, 0.15) is 83.0 Å². The average molecular weight is 651 g/mol. The molecular weight excluding hydrogens is 598 g/mol. The first kappa shape index (κ1) is 37.8. The fourth-order valence-electron chi connectivity index (χ4n) is 5.71. The predicted octanol–water partition coefficient (Wildman–Crippen LogP) is 5.78. The van der Waals surface area contributed by atoms with E-state index in [0.717, 1.165) is 49.4 Å². The minimum atomic E-state index is -1.08. The lowest BCUT2D eigenvalue weighted by molar-refractivity contribution is 0.0755. The molecule has 3 rings (SSSR count). The fraction of sp³-hybridized carbons (Fsp3) is 0.474. The lowest BCUT2D eigenvalue weighted by atomic mass is 9.98. The molecule has 0 aliphatic carbocycles. The van der Waals surface area contributed by atoms with E-state index in [0.29, 0.717) is 42.7 Å². The highest BCUT2D eigenvalue weighted by atomic mass is 19.1. The van der Waals surface area contributed by atoms with Crippen LogP contribution in [-0.4, -0.2) is 79.1 Å². The van der Waals surface area contributed by atoms with Crippen LogP contribution in [0.15, 0.2) is 60.7 Å². The number of carbonyl (C=O) groups excluding carboxylic acids is 2. The van der Waals surface area contributed by atoms with Crippen LogP contribution in [0, 0.1) is 11.6 Å². The molecule has 0 heterocycles. The molecule has 256 valence electrons. The summed E-state index contributed by atoms with van der Waals surface area (Å²) in [7, 11) is 4.00. The maximum absolute atomic E-state index is 14.1. The zero-order valence-corrected chi connectivity index (χ0v) is 28.6. The Labute approximate surface area is 279 Å². The largest absolute Gasteiger partial charge is 0.390 e. The molecule has 47 heavy (non-hydrogen) atoms. The van der Waals surface area contributed by atoms with Gasteiger partial charge >= 0.3 is 0 Å². The third-order valence-electron chi connectivity index (χ3n) is 8.09. The van der Waals surface area contributed by atoms with Crippen molar-refractivity contribution >= 4 is 11.8 Å². The highest BCUT2D eigenvalue weighted by Crippen LogP contribution is 2.18. The standard InChI is InChI=1S/C38H52F2N4O3/c1-6-14-44(15-7-2)38(47)32-19-28(13-10-16-43(4)5)18-31(23-32)37(46)42-35(22-30-20-33(39)24-34(40)21-30)36(45)26-41-25-29-12-9-11-27(8-3)17-29/h9,11-12,17-21,23-24,35-36,41,45H,6-8,10,13-16,22,25-26H2,1-5H3,(H,42,46)/t35-,36+/m0/s1. The van der Waals surface area contributed by atoms with Gasteiger partial charge < -0.3 is 25.5 Å². The quantitative estimate of drug-likeness (QED) is 0.153. The van der Waals surface area contributed by atoms with Crippen molar-refractivity contribution in [3.05, 3.63) is 106 Å². The van der Waals surface area contributed by atoms with Crippen LogP contribution in [0.4, 0.5) is 8.78 Å². The molecule has 9 heteroatoms. The Hall–Kier alpha value is -3.66. The number of rotatable bonds is 19. The second-order valence-electron chi connectivity index (χ2n) is 12.6. The van der Waals surface area contributed by atoms with Gasteiger partial charge in [0.2, 0.25) is 0 Å². The summed E-state index contributed by atoms with van der Waals surface area (Å²) >= 11 is 0. The van der Waals surface area contributed by atoms with Crippen LogP contribution in [0.25, 0.3) is 0 Å². The first-order valence-electron chi connectivity index (χ1n) is 16.8. The molecule has 3 N–H and O–H groups in total. The molecule has 0 radical (unpaired) electrons. The summed E-state index contributed by atoms with van der Waals surface area (Å²) in [6, 6.07) is 15.7. The van der Waals surface area contributed by atoms with Gasteiger partial charge in [0.05, 0.1) is 12.1 Å². The third kappa shape index (κ3) is 12.5. The van der Waals surface area contributed by atoms with Gasteiger partial charge in [0.15, 0.2) is 0 Å². The van der Waals surface area contributed by atoms with Crippen LogP contribution < -0.4 is 10.6 Å². The number of nitrogens with zero attached hydrogens (tertiary/aromatic N) is 2. The molecule has 0 aliphatic heterocycles. The normalized spacial score (nSPS) is 12.6. The molecule has 0 unspecified atom stereocenters. The average Bonchev–Trinajstić information content (AvgIpc) is 3.03. The van der Waals surface area contributed by atoms with Crippen LogP contribution >= 0.6 is 0 Å². The molecule has 0 aromatic heterocycles. The topological polar surface area (TPSA) is 84.9 Å². The van der Waals surface area contributed by atoms with Crippen molar-refractivity contribution in [2.75, 3.05) is 40.3 Å². The molecule has 0 saturated heterocycles. The molecule has 7 nitrogen and oxygen atoms in total. The monoisotopic (exact) mass is 650 g/mol. The summed E-state index contributed by atoms with van der Waals surface area (Å²) < 4.78 is 28.2. The van der Waals surface area contributed by atoms with Crippen LogP contribution in [-0.2, 0) is 25.8 Å². The Morgan fingerprint density at radius 3 is 2.11 bits per heavy atom. The molecule has 2 amide bonds. The van der Waals surface area contributed by atoms with Crippen LogP contribution in [0.2, 0.25) is 0 Å². The van der Waals surface area contributed by atoms with Crippen molar-refractivity contribution in [2.24, 2.45) is 0 Å². The van der Waals surface area contributed by atoms with Gasteiger partial charge in [-0.25, -0.2) is 8.78 Å². The van der Waals surface area contributed by atoms with Crippen molar-refractivity contribution in [3.8, 4) is 0 Å². The first-order valence-corrected chi connectivity index (χ1v) is 16.8. The van der Waals surface area contributed by atoms with Gasteiger partial charge in [0.25, 0.3) is 11.8 Å². The van der Waals surface area contributed by atoms with E-state index < -0.39 is 29.7 Å². The van der Waals surface area contributed by atoms with Gasteiger partial charge in [-0.3, -0.25) is 9.59 Å². The molecule has 0 saturated carbocycles. The minimum Gasteiger partial charge on any atom is -0.390 e. The van der Waals surface area contributed by atoms with Crippen molar-refractivity contribution in [1.29, 1.82) is 0 Å². The second-order valence-corrected chi connectivity index (χ2v) is 12.6. The number of hydrogen-bond acceptors (Lipinski definition) is 5.